The van der Waals surface area contributed by atoms with Crippen LogP contribution < -0.4 is 5.32 Å². The standard InChI is InChI=1S/C13H24N2OS/c1-3-7-15-13(2,11-14)6-4-5-8-17-12-9-16-10-12/h12,15H,3-10H2,1-2H3. The predicted octanol–water partition coefficient (Wildman–Crippen LogP) is 2.57. The maximum absolute atomic E-state index is 9.17. The molecule has 0 bridgehead atoms. The highest BCUT2D eigenvalue weighted by atomic mass is 32.2. The quantitative estimate of drug-likeness (QED) is 0.644. The second-order valence-electron chi connectivity index (χ2n) is 4.86. The van der Waals surface area contributed by atoms with Crippen LogP contribution in [0, 0.1) is 11.3 Å². The Labute approximate surface area is 109 Å². The van der Waals surface area contributed by atoms with Crippen LogP contribution in [0.2, 0.25) is 0 Å². The Morgan fingerprint density at radius 2 is 2.24 bits per heavy atom. The Hall–Kier alpha value is -0.240. The van der Waals surface area contributed by atoms with Gasteiger partial charge in [0.15, 0.2) is 0 Å². The number of hydrogen-bond donors (Lipinski definition) is 1. The van der Waals surface area contributed by atoms with E-state index in [4.69, 9.17) is 10.00 Å². The molecule has 3 nitrogen and oxygen atoms in total. The predicted molar refractivity (Wildman–Crippen MR) is 73.2 cm³/mol. The minimum Gasteiger partial charge on any atom is -0.379 e. The van der Waals surface area contributed by atoms with Crippen LogP contribution in [0.4, 0.5) is 0 Å². The molecule has 0 amide bonds. The van der Waals surface area contributed by atoms with Crippen molar-refractivity contribution in [3.05, 3.63) is 0 Å². The molecule has 1 saturated heterocycles. The summed E-state index contributed by atoms with van der Waals surface area (Å²) in [6.45, 7) is 6.92. The summed E-state index contributed by atoms with van der Waals surface area (Å²) in [4.78, 5) is 0. The second-order valence-corrected chi connectivity index (χ2v) is 6.27. The number of nitriles is 1. The van der Waals surface area contributed by atoms with Crippen molar-refractivity contribution in [1.29, 1.82) is 5.26 Å². The maximum atomic E-state index is 9.17. The number of hydrogen-bond acceptors (Lipinski definition) is 4. The van der Waals surface area contributed by atoms with E-state index in [1.165, 1.54) is 12.2 Å². The van der Waals surface area contributed by atoms with Gasteiger partial charge < -0.3 is 4.74 Å². The van der Waals surface area contributed by atoms with E-state index in [0.717, 1.165) is 44.3 Å². The van der Waals surface area contributed by atoms with Gasteiger partial charge in [-0.3, -0.25) is 5.32 Å². The molecule has 0 aromatic carbocycles. The van der Waals surface area contributed by atoms with Gasteiger partial charge in [-0.25, -0.2) is 0 Å². The van der Waals surface area contributed by atoms with Gasteiger partial charge in [0.25, 0.3) is 0 Å². The molecule has 0 spiro atoms. The lowest BCUT2D eigenvalue weighted by molar-refractivity contribution is 0.0455. The molecule has 0 aliphatic carbocycles. The summed E-state index contributed by atoms with van der Waals surface area (Å²) >= 11 is 2.01. The SMILES string of the molecule is CCCNC(C)(C#N)CCCCSC1COC1. The lowest BCUT2D eigenvalue weighted by Crippen LogP contribution is -2.41. The lowest BCUT2D eigenvalue weighted by atomic mass is 9.96. The monoisotopic (exact) mass is 256 g/mol. The summed E-state index contributed by atoms with van der Waals surface area (Å²) < 4.78 is 5.13. The maximum Gasteiger partial charge on any atom is 0.103 e. The number of unbranched alkanes of at least 4 members (excludes halogenated alkanes) is 1. The molecular formula is C13H24N2OS. The van der Waals surface area contributed by atoms with Crippen LogP contribution in [-0.4, -0.2) is 36.3 Å². The van der Waals surface area contributed by atoms with Gasteiger partial charge in [0.2, 0.25) is 0 Å². The summed E-state index contributed by atoms with van der Waals surface area (Å²) in [6.07, 6.45) is 4.35. The van der Waals surface area contributed by atoms with Gasteiger partial charge in [0.1, 0.15) is 5.54 Å². The zero-order chi connectivity index (χ0) is 12.6. The van der Waals surface area contributed by atoms with Gasteiger partial charge in [-0.2, -0.15) is 17.0 Å². The molecule has 0 radical (unpaired) electrons. The molecule has 17 heavy (non-hydrogen) atoms. The fraction of sp³-hybridized carbons (Fsp3) is 0.923. The summed E-state index contributed by atoms with van der Waals surface area (Å²) in [5, 5.41) is 13.2. The number of nitrogens with one attached hydrogen (secondary N) is 1. The topological polar surface area (TPSA) is 45.0 Å². The summed E-state index contributed by atoms with van der Waals surface area (Å²) in [5.41, 5.74) is -0.333. The zero-order valence-corrected chi connectivity index (χ0v) is 11.8. The second kappa shape index (κ2) is 7.97. The Morgan fingerprint density at radius 3 is 2.76 bits per heavy atom. The molecule has 1 rings (SSSR count). The Morgan fingerprint density at radius 1 is 1.47 bits per heavy atom. The molecular weight excluding hydrogens is 232 g/mol. The molecule has 4 heteroatoms. The molecule has 1 N–H and O–H groups in total. The van der Waals surface area contributed by atoms with E-state index >= 15 is 0 Å². The van der Waals surface area contributed by atoms with Crippen molar-refractivity contribution in [2.24, 2.45) is 0 Å². The van der Waals surface area contributed by atoms with Gasteiger partial charge in [0.05, 0.1) is 24.5 Å². The number of thioether (sulfide) groups is 1. The van der Waals surface area contributed by atoms with Crippen molar-refractivity contribution in [1.82, 2.24) is 5.32 Å². The van der Waals surface area contributed by atoms with E-state index in [9.17, 15) is 0 Å². The van der Waals surface area contributed by atoms with Crippen LogP contribution in [0.5, 0.6) is 0 Å². The zero-order valence-electron chi connectivity index (χ0n) is 11.0. The Kier molecular flexibility index (Phi) is 6.94. The van der Waals surface area contributed by atoms with Crippen LogP contribution in [-0.2, 0) is 4.74 Å². The summed E-state index contributed by atoms with van der Waals surface area (Å²) in [5.74, 6) is 1.20. The molecule has 0 saturated carbocycles. The van der Waals surface area contributed by atoms with Crippen molar-refractivity contribution >= 4 is 11.8 Å². The van der Waals surface area contributed by atoms with E-state index in [2.05, 4.69) is 18.3 Å². The minimum absolute atomic E-state index is 0.333. The third kappa shape index (κ3) is 5.76. The van der Waals surface area contributed by atoms with E-state index in [-0.39, 0.29) is 5.54 Å². The molecule has 1 aliphatic heterocycles. The fourth-order valence-electron chi connectivity index (χ4n) is 1.73. The van der Waals surface area contributed by atoms with E-state index < -0.39 is 0 Å². The first-order valence-electron chi connectivity index (χ1n) is 6.56. The van der Waals surface area contributed by atoms with Crippen molar-refractivity contribution < 1.29 is 4.74 Å². The average molecular weight is 256 g/mol. The van der Waals surface area contributed by atoms with Crippen LogP contribution in [0.3, 0.4) is 0 Å². The van der Waals surface area contributed by atoms with Crippen molar-refractivity contribution in [2.45, 2.75) is 50.3 Å². The lowest BCUT2D eigenvalue weighted by Gasteiger charge is -2.26. The van der Waals surface area contributed by atoms with Gasteiger partial charge in [-0.05, 0) is 44.9 Å². The highest BCUT2D eigenvalue weighted by molar-refractivity contribution is 8.00. The molecule has 1 fully saturated rings. The van der Waals surface area contributed by atoms with E-state index in [0.29, 0.717) is 0 Å². The summed E-state index contributed by atoms with van der Waals surface area (Å²) in [6, 6.07) is 2.40. The van der Waals surface area contributed by atoms with Crippen LogP contribution in [0.1, 0.15) is 39.5 Å². The van der Waals surface area contributed by atoms with Crippen LogP contribution in [0.15, 0.2) is 0 Å². The van der Waals surface area contributed by atoms with Gasteiger partial charge in [-0.1, -0.05) is 6.92 Å². The van der Waals surface area contributed by atoms with Crippen LogP contribution >= 0.6 is 11.8 Å². The van der Waals surface area contributed by atoms with Gasteiger partial charge >= 0.3 is 0 Å². The Balaban J connectivity index is 2.03. The van der Waals surface area contributed by atoms with E-state index in [1.807, 2.05) is 18.7 Å². The fourth-order valence-corrected chi connectivity index (χ4v) is 2.81. The van der Waals surface area contributed by atoms with Gasteiger partial charge in [-0.15, -0.1) is 0 Å². The molecule has 1 unspecified atom stereocenters. The van der Waals surface area contributed by atoms with Crippen LogP contribution in [0.25, 0.3) is 0 Å². The normalized spacial score (nSPS) is 19.4. The number of ether oxygens (including phenoxy) is 1. The van der Waals surface area contributed by atoms with Crippen molar-refractivity contribution in [3.8, 4) is 6.07 Å². The molecule has 1 heterocycles. The molecule has 98 valence electrons. The highest BCUT2D eigenvalue weighted by Crippen LogP contribution is 2.21. The van der Waals surface area contributed by atoms with Gasteiger partial charge in [0, 0.05) is 0 Å². The highest BCUT2D eigenvalue weighted by Gasteiger charge is 2.22. The molecule has 1 atom stereocenters. The third-order valence-corrected chi connectivity index (χ3v) is 4.31. The van der Waals surface area contributed by atoms with Crippen molar-refractivity contribution in [3.63, 3.8) is 0 Å². The average Bonchev–Trinajstić information content (AvgIpc) is 2.28. The number of nitrogens with zero attached hydrogens (tertiary/aromatic N) is 1. The summed E-state index contributed by atoms with van der Waals surface area (Å²) in [7, 11) is 0. The third-order valence-electron chi connectivity index (χ3n) is 3.04. The van der Waals surface area contributed by atoms with E-state index in [1.54, 1.807) is 0 Å². The largest absolute Gasteiger partial charge is 0.379 e. The first-order valence-corrected chi connectivity index (χ1v) is 7.60. The molecule has 1 aliphatic rings. The first-order chi connectivity index (χ1) is 8.20. The first kappa shape index (κ1) is 14.8. The smallest absolute Gasteiger partial charge is 0.103 e. The molecule has 0 aromatic rings. The molecule has 0 aromatic heterocycles. The minimum atomic E-state index is -0.333. The van der Waals surface area contributed by atoms with Crippen molar-refractivity contribution in [2.75, 3.05) is 25.5 Å². The Bertz CT molecular complexity index is 250. The number of rotatable bonds is 9.